The average molecular weight is 500 g/mol. The summed E-state index contributed by atoms with van der Waals surface area (Å²) >= 11 is 6.27. The van der Waals surface area contributed by atoms with Gasteiger partial charge in [0.2, 0.25) is 0 Å². The van der Waals surface area contributed by atoms with Gasteiger partial charge in [0.05, 0.1) is 26.1 Å². The lowest BCUT2D eigenvalue weighted by atomic mass is 10.0. The van der Waals surface area contributed by atoms with Crippen molar-refractivity contribution in [3.8, 4) is 11.5 Å². The number of aryl methyl sites for hydroxylation is 2. The molecule has 0 spiro atoms. The van der Waals surface area contributed by atoms with Crippen LogP contribution in [0.3, 0.4) is 0 Å². The van der Waals surface area contributed by atoms with Crippen LogP contribution >= 0.6 is 11.6 Å². The smallest absolute Gasteiger partial charge is 0.319 e. The zero-order chi connectivity index (χ0) is 25.7. The monoisotopic (exact) mass is 499 g/mol. The maximum absolute atomic E-state index is 13.1. The molecule has 2 aromatic carbocycles. The average Bonchev–Trinajstić information content (AvgIpc) is 2.81. The second-order valence-electron chi connectivity index (χ2n) is 8.09. The van der Waals surface area contributed by atoms with Gasteiger partial charge in [-0.05, 0) is 43.2 Å². The van der Waals surface area contributed by atoms with Crippen LogP contribution in [0.15, 0.2) is 53.5 Å². The quantitative estimate of drug-likeness (QED) is 0.367. The Morgan fingerprint density at radius 1 is 1.14 bits per heavy atom. The molecular formula is C25H26ClN3O6. The molecule has 184 valence electrons. The summed E-state index contributed by atoms with van der Waals surface area (Å²) in [7, 11) is 1.51. The molecule has 1 atom stereocenters. The van der Waals surface area contributed by atoms with E-state index in [1.54, 1.807) is 49.4 Å². The van der Waals surface area contributed by atoms with Gasteiger partial charge in [-0.25, -0.2) is 4.79 Å². The van der Waals surface area contributed by atoms with E-state index in [-0.39, 0.29) is 24.4 Å². The first kappa shape index (κ1) is 25.6. The first-order valence-corrected chi connectivity index (χ1v) is 11.1. The van der Waals surface area contributed by atoms with Crippen molar-refractivity contribution in [1.82, 2.24) is 9.88 Å². The highest BCUT2D eigenvalue weighted by Gasteiger charge is 2.21. The molecule has 0 aliphatic rings. The van der Waals surface area contributed by atoms with Crippen molar-refractivity contribution in [2.45, 2.75) is 32.9 Å². The lowest BCUT2D eigenvalue weighted by molar-refractivity contribution is -0.137. The van der Waals surface area contributed by atoms with E-state index in [4.69, 9.17) is 16.3 Å². The van der Waals surface area contributed by atoms with Crippen LogP contribution in [0, 0.1) is 13.8 Å². The van der Waals surface area contributed by atoms with Gasteiger partial charge in [0.25, 0.3) is 5.56 Å². The number of pyridine rings is 1. The number of aromatic hydroxyl groups is 1. The number of carbonyl (C=O) groups excluding carboxylic acids is 1. The molecule has 9 nitrogen and oxygen atoms in total. The zero-order valence-corrected chi connectivity index (χ0v) is 20.2. The summed E-state index contributed by atoms with van der Waals surface area (Å²) in [4.78, 5) is 37.2. The summed E-state index contributed by atoms with van der Waals surface area (Å²) in [6.07, 6.45) is 1.09. The number of ether oxygens (including phenoxy) is 1. The van der Waals surface area contributed by atoms with Gasteiger partial charge in [0.15, 0.2) is 5.69 Å². The van der Waals surface area contributed by atoms with E-state index in [2.05, 4.69) is 10.6 Å². The molecule has 0 aliphatic carbocycles. The van der Waals surface area contributed by atoms with Crippen LogP contribution in [-0.2, 0) is 11.3 Å². The summed E-state index contributed by atoms with van der Waals surface area (Å²) < 4.78 is 6.52. The van der Waals surface area contributed by atoms with E-state index in [0.717, 1.165) is 5.56 Å². The number of carboxylic acid groups (broad SMARTS) is 1. The summed E-state index contributed by atoms with van der Waals surface area (Å²) in [5, 5.41) is 25.1. The molecule has 4 N–H and O–H groups in total. The molecule has 0 unspecified atom stereocenters. The molecular weight excluding hydrogens is 474 g/mol. The van der Waals surface area contributed by atoms with Crippen LogP contribution in [0.5, 0.6) is 11.5 Å². The van der Waals surface area contributed by atoms with Crippen molar-refractivity contribution in [3.63, 3.8) is 0 Å². The van der Waals surface area contributed by atoms with Gasteiger partial charge in [-0.2, -0.15) is 0 Å². The number of hydrogen-bond acceptors (Lipinski definition) is 5. The minimum atomic E-state index is -1.10. The molecule has 0 saturated heterocycles. The first-order chi connectivity index (χ1) is 16.6. The number of nitrogens with one attached hydrogen (secondary N) is 2. The van der Waals surface area contributed by atoms with Crippen molar-refractivity contribution in [1.29, 1.82) is 0 Å². The number of methoxy groups -OCH3 is 1. The SMILES string of the molecule is COc1ccc(Cl)c(Cn2cc(C)c(O)c(NC(=O)N[C@@H](CC(=O)O)c3ccc(C)cc3)c2=O)c1. The van der Waals surface area contributed by atoms with Crippen molar-refractivity contribution < 1.29 is 24.5 Å². The van der Waals surface area contributed by atoms with E-state index in [1.807, 2.05) is 6.92 Å². The second kappa shape index (κ2) is 11.0. The van der Waals surface area contributed by atoms with E-state index in [9.17, 15) is 24.6 Å². The van der Waals surface area contributed by atoms with Crippen LogP contribution in [0.25, 0.3) is 0 Å². The summed E-state index contributed by atoms with van der Waals surface area (Å²) in [6.45, 7) is 3.54. The third-order valence-electron chi connectivity index (χ3n) is 5.43. The van der Waals surface area contributed by atoms with E-state index < -0.39 is 23.6 Å². The molecule has 0 saturated carbocycles. The predicted molar refractivity (Wildman–Crippen MR) is 133 cm³/mol. The minimum absolute atomic E-state index is 0.0668. The largest absolute Gasteiger partial charge is 0.505 e. The molecule has 10 heteroatoms. The number of carboxylic acids is 1. The van der Waals surface area contributed by atoms with Gasteiger partial charge in [0.1, 0.15) is 11.5 Å². The number of anilines is 1. The third kappa shape index (κ3) is 6.33. The summed E-state index contributed by atoms with van der Waals surface area (Å²) in [5.41, 5.74) is 1.53. The highest BCUT2D eigenvalue weighted by molar-refractivity contribution is 6.31. The number of halogens is 1. The topological polar surface area (TPSA) is 130 Å². The van der Waals surface area contributed by atoms with Crippen molar-refractivity contribution in [3.05, 3.63) is 86.3 Å². The maximum atomic E-state index is 13.1. The molecule has 1 heterocycles. The van der Waals surface area contributed by atoms with Crippen molar-refractivity contribution >= 4 is 29.3 Å². The second-order valence-corrected chi connectivity index (χ2v) is 8.49. The van der Waals surface area contributed by atoms with Gasteiger partial charge >= 0.3 is 12.0 Å². The molecule has 0 fully saturated rings. The molecule has 3 rings (SSSR count). The zero-order valence-electron chi connectivity index (χ0n) is 19.5. The third-order valence-corrected chi connectivity index (χ3v) is 5.80. The molecule has 3 aromatic rings. The number of aliphatic carboxylic acids is 1. The molecule has 0 bridgehead atoms. The number of aromatic nitrogens is 1. The Kier molecular flexibility index (Phi) is 8.03. The Labute approximate surface area is 206 Å². The van der Waals surface area contributed by atoms with Crippen LogP contribution in [0.4, 0.5) is 10.5 Å². The maximum Gasteiger partial charge on any atom is 0.319 e. The lowest BCUT2D eigenvalue weighted by Crippen LogP contribution is -2.36. The molecule has 1 aromatic heterocycles. The standard InChI is InChI=1S/C25H26ClN3O6/c1-14-4-6-16(7-5-14)20(11-21(30)31)27-25(34)28-22-23(32)15(2)12-29(24(22)33)13-17-10-18(35-3)8-9-19(17)26/h4-10,12,20,32H,11,13H2,1-3H3,(H,30,31)(H2,27,28,34)/t20-/m0/s1. The number of amides is 2. The van der Waals surface area contributed by atoms with Crippen LogP contribution in [-0.4, -0.2) is 33.9 Å². The fraction of sp³-hybridized carbons (Fsp3) is 0.240. The fourth-order valence-corrected chi connectivity index (χ4v) is 3.72. The first-order valence-electron chi connectivity index (χ1n) is 10.7. The van der Waals surface area contributed by atoms with E-state index in [0.29, 0.717) is 27.5 Å². The molecule has 0 aliphatic heterocycles. The van der Waals surface area contributed by atoms with Gasteiger partial charge in [-0.1, -0.05) is 41.4 Å². The number of benzene rings is 2. The Bertz CT molecular complexity index is 1300. The lowest BCUT2D eigenvalue weighted by Gasteiger charge is -2.19. The number of carbonyl (C=O) groups is 2. The van der Waals surface area contributed by atoms with E-state index >= 15 is 0 Å². The predicted octanol–water partition coefficient (Wildman–Crippen LogP) is 4.22. The highest BCUT2D eigenvalue weighted by atomic mass is 35.5. The highest BCUT2D eigenvalue weighted by Crippen LogP contribution is 2.26. The number of rotatable bonds is 8. The number of hydrogen-bond donors (Lipinski definition) is 4. The molecule has 35 heavy (non-hydrogen) atoms. The van der Waals surface area contributed by atoms with Crippen LogP contribution in [0.1, 0.15) is 34.7 Å². The van der Waals surface area contributed by atoms with Gasteiger partial charge < -0.3 is 30.2 Å². The van der Waals surface area contributed by atoms with Crippen molar-refractivity contribution in [2.75, 3.05) is 12.4 Å². The van der Waals surface area contributed by atoms with Gasteiger partial charge in [0, 0.05) is 16.8 Å². The Morgan fingerprint density at radius 3 is 2.46 bits per heavy atom. The normalized spacial score (nSPS) is 11.5. The molecule has 0 radical (unpaired) electrons. The van der Waals surface area contributed by atoms with Crippen LogP contribution < -0.4 is 20.9 Å². The summed E-state index contributed by atoms with van der Waals surface area (Å²) in [5.74, 6) is -0.929. The van der Waals surface area contributed by atoms with E-state index in [1.165, 1.54) is 17.9 Å². The minimum Gasteiger partial charge on any atom is -0.505 e. The summed E-state index contributed by atoms with van der Waals surface area (Å²) in [6, 6.07) is 10.4. The van der Waals surface area contributed by atoms with Crippen molar-refractivity contribution in [2.24, 2.45) is 0 Å². The van der Waals surface area contributed by atoms with Gasteiger partial charge in [-0.15, -0.1) is 0 Å². The van der Waals surface area contributed by atoms with Gasteiger partial charge in [-0.3, -0.25) is 9.59 Å². The Balaban J connectivity index is 1.88. The Hall–Kier alpha value is -3.98. The number of urea groups is 1. The van der Waals surface area contributed by atoms with Crippen LogP contribution in [0.2, 0.25) is 5.02 Å². The fourth-order valence-electron chi connectivity index (χ4n) is 3.54. The molecule has 2 amide bonds. The Morgan fingerprint density at radius 2 is 1.83 bits per heavy atom. The number of nitrogens with zero attached hydrogens (tertiary/aromatic N) is 1.